The van der Waals surface area contributed by atoms with E-state index in [-0.39, 0.29) is 11.9 Å². The highest BCUT2D eigenvalue weighted by molar-refractivity contribution is 6.30. The van der Waals surface area contributed by atoms with Gasteiger partial charge in [-0.2, -0.15) is 0 Å². The summed E-state index contributed by atoms with van der Waals surface area (Å²) in [6.45, 7) is 2.37. The Bertz CT molecular complexity index is 552. The van der Waals surface area contributed by atoms with Gasteiger partial charge in [0.05, 0.1) is 6.04 Å². The molecule has 0 aliphatic heterocycles. The van der Waals surface area contributed by atoms with Crippen molar-refractivity contribution in [2.24, 2.45) is 5.73 Å². The summed E-state index contributed by atoms with van der Waals surface area (Å²) in [5.41, 5.74) is 8.61. The van der Waals surface area contributed by atoms with Crippen LogP contribution >= 0.6 is 11.6 Å². The van der Waals surface area contributed by atoms with Crippen molar-refractivity contribution in [1.29, 1.82) is 0 Å². The van der Waals surface area contributed by atoms with Gasteiger partial charge in [0.1, 0.15) is 5.82 Å². The Labute approximate surface area is 117 Å². The molecule has 2 aromatic carbocycles. The summed E-state index contributed by atoms with van der Waals surface area (Å²) in [5.74, 6) is -0.355. The molecule has 3 N–H and O–H groups in total. The van der Waals surface area contributed by atoms with Gasteiger partial charge in [0.15, 0.2) is 0 Å². The lowest BCUT2D eigenvalue weighted by atomic mass is 10.1. The van der Waals surface area contributed by atoms with E-state index >= 15 is 0 Å². The van der Waals surface area contributed by atoms with Gasteiger partial charge in [-0.25, -0.2) is 4.39 Å². The fourth-order valence-electron chi connectivity index (χ4n) is 1.99. The van der Waals surface area contributed by atoms with Crippen molar-refractivity contribution in [3.05, 3.63) is 64.4 Å². The van der Waals surface area contributed by atoms with Crippen LogP contribution in [0.25, 0.3) is 0 Å². The summed E-state index contributed by atoms with van der Waals surface area (Å²) in [7, 11) is 0. The molecule has 0 spiro atoms. The Kier molecular flexibility index (Phi) is 4.40. The number of nitrogens with two attached hydrogens (primary N) is 1. The molecule has 0 aliphatic carbocycles. The average molecular weight is 279 g/mol. The number of aryl methyl sites for hydroxylation is 1. The minimum atomic E-state index is -0.355. The third kappa shape index (κ3) is 3.69. The molecular formula is C15H16ClFN2. The Hall–Kier alpha value is -1.58. The number of benzene rings is 2. The molecule has 0 amide bonds. The van der Waals surface area contributed by atoms with Crippen molar-refractivity contribution in [2.75, 3.05) is 11.9 Å². The third-order valence-corrected chi connectivity index (χ3v) is 3.10. The molecule has 1 atom stereocenters. The molecular weight excluding hydrogens is 263 g/mol. The van der Waals surface area contributed by atoms with Gasteiger partial charge in [0, 0.05) is 17.3 Å². The number of hydrogen-bond acceptors (Lipinski definition) is 2. The zero-order valence-electron chi connectivity index (χ0n) is 10.7. The molecule has 2 rings (SSSR count). The first-order valence-corrected chi connectivity index (χ1v) is 6.45. The van der Waals surface area contributed by atoms with E-state index in [9.17, 15) is 4.39 Å². The average Bonchev–Trinajstić information content (AvgIpc) is 2.34. The molecule has 0 saturated carbocycles. The normalized spacial score (nSPS) is 12.2. The van der Waals surface area contributed by atoms with Gasteiger partial charge in [0.25, 0.3) is 0 Å². The summed E-state index contributed by atoms with van der Waals surface area (Å²) < 4.78 is 13.4. The summed E-state index contributed by atoms with van der Waals surface area (Å²) >= 11 is 5.87. The molecule has 0 radical (unpaired) electrons. The Morgan fingerprint density at radius 2 is 2.05 bits per heavy atom. The fourth-order valence-corrected chi connectivity index (χ4v) is 2.22. The first kappa shape index (κ1) is 13.8. The van der Waals surface area contributed by atoms with Crippen LogP contribution in [-0.2, 0) is 0 Å². The predicted octanol–water partition coefficient (Wildman–Crippen LogP) is 3.90. The van der Waals surface area contributed by atoms with Gasteiger partial charge >= 0.3 is 0 Å². The van der Waals surface area contributed by atoms with Gasteiger partial charge in [0.2, 0.25) is 0 Å². The highest BCUT2D eigenvalue weighted by Crippen LogP contribution is 2.23. The number of nitrogens with one attached hydrogen (secondary N) is 1. The van der Waals surface area contributed by atoms with Gasteiger partial charge in [-0.3, -0.25) is 0 Å². The van der Waals surface area contributed by atoms with Crippen molar-refractivity contribution in [2.45, 2.75) is 13.0 Å². The number of rotatable bonds is 4. The van der Waals surface area contributed by atoms with Crippen molar-refractivity contribution >= 4 is 17.3 Å². The highest BCUT2D eigenvalue weighted by atomic mass is 35.5. The molecule has 100 valence electrons. The van der Waals surface area contributed by atoms with Crippen LogP contribution in [-0.4, -0.2) is 6.54 Å². The maximum atomic E-state index is 13.4. The molecule has 2 nitrogen and oxygen atoms in total. The Balaban J connectivity index is 2.24. The van der Waals surface area contributed by atoms with Crippen LogP contribution in [0.15, 0.2) is 42.5 Å². The molecule has 0 heterocycles. The van der Waals surface area contributed by atoms with Crippen molar-refractivity contribution in [3.63, 3.8) is 0 Å². The Morgan fingerprint density at radius 3 is 2.68 bits per heavy atom. The topological polar surface area (TPSA) is 38.0 Å². The van der Waals surface area contributed by atoms with E-state index in [1.54, 1.807) is 6.07 Å². The first-order valence-electron chi connectivity index (χ1n) is 6.08. The minimum absolute atomic E-state index is 0.171. The Morgan fingerprint density at radius 1 is 1.26 bits per heavy atom. The third-order valence-electron chi connectivity index (χ3n) is 2.88. The van der Waals surface area contributed by atoms with Crippen LogP contribution in [0, 0.1) is 12.7 Å². The summed E-state index contributed by atoms with van der Waals surface area (Å²) in [5, 5.41) is 3.66. The standard InChI is InChI=1S/C15H16ClFN2/c1-10-3-2-4-14(5-10)19-15(9-18)11-6-12(16)8-13(17)7-11/h2-8,15,19H,9,18H2,1H3. The number of hydrogen-bond donors (Lipinski definition) is 2. The maximum Gasteiger partial charge on any atom is 0.125 e. The molecule has 4 heteroatoms. The number of halogens is 2. The van der Waals surface area contributed by atoms with E-state index in [4.69, 9.17) is 17.3 Å². The largest absolute Gasteiger partial charge is 0.377 e. The second-order valence-corrected chi connectivity index (χ2v) is 4.94. The number of anilines is 1. The van der Waals surface area contributed by atoms with Crippen LogP contribution in [0.5, 0.6) is 0 Å². The second-order valence-electron chi connectivity index (χ2n) is 4.50. The predicted molar refractivity (Wildman–Crippen MR) is 78.0 cm³/mol. The zero-order chi connectivity index (χ0) is 13.8. The molecule has 1 unspecified atom stereocenters. The second kappa shape index (κ2) is 6.04. The minimum Gasteiger partial charge on any atom is -0.377 e. The van der Waals surface area contributed by atoms with Crippen molar-refractivity contribution < 1.29 is 4.39 Å². The zero-order valence-corrected chi connectivity index (χ0v) is 11.4. The summed E-state index contributed by atoms with van der Waals surface area (Å²) in [6, 6.07) is 12.2. The lowest BCUT2D eigenvalue weighted by molar-refractivity contribution is 0.622. The van der Waals surface area contributed by atoms with E-state index < -0.39 is 0 Å². The van der Waals surface area contributed by atoms with E-state index in [2.05, 4.69) is 5.32 Å². The van der Waals surface area contributed by atoms with E-state index in [1.165, 1.54) is 12.1 Å². The lowest BCUT2D eigenvalue weighted by Crippen LogP contribution is -2.20. The van der Waals surface area contributed by atoms with Crippen molar-refractivity contribution in [1.82, 2.24) is 0 Å². The van der Waals surface area contributed by atoms with Crippen molar-refractivity contribution in [3.8, 4) is 0 Å². The van der Waals surface area contributed by atoms with Gasteiger partial charge in [-0.15, -0.1) is 0 Å². The molecule has 0 bridgehead atoms. The van der Waals surface area contributed by atoms with Crippen LogP contribution in [0.3, 0.4) is 0 Å². The smallest absolute Gasteiger partial charge is 0.125 e. The van der Waals surface area contributed by atoms with Crippen LogP contribution in [0.4, 0.5) is 10.1 Å². The van der Waals surface area contributed by atoms with Crippen LogP contribution < -0.4 is 11.1 Å². The molecule has 0 aromatic heterocycles. The monoisotopic (exact) mass is 278 g/mol. The molecule has 0 saturated heterocycles. The van der Waals surface area contributed by atoms with Gasteiger partial charge in [-0.1, -0.05) is 23.7 Å². The maximum absolute atomic E-state index is 13.4. The molecule has 19 heavy (non-hydrogen) atoms. The quantitative estimate of drug-likeness (QED) is 0.890. The van der Waals surface area contributed by atoms with Gasteiger partial charge < -0.3 is 11.1 Å². The van der Waals surface area contributed by atoms with Crippen LogP contribution in [0.1, 0.15) is 17.2 Å². The summed E-state index contributed by atoms with van der Waals surface area (Å²) in [6.07, 6.45) is 0. The highest BCUT2D eigenvalue weighted by Gasteiger charge is 2.11. The molecule has 2 aromatic rings. The molecule has 0 aliphatic rings. The van der Waals surface area contributed by atoms with Crippen LogP contribution in [0.2, 0.25) is 5.02 Å². The summed E-state index contributed by atoms with van der Waals surface area (Å²) in [4.78, 5) is 0. The molecule has 0 fully saturated rings. The van der Waals surface area contributed by atoms with E-state index in [0.717, 1.165) is 16.8 Å². The first-order chi connectivity index (χ1) is 9.08. The lowest BCUT2D eigenvalue weighted by Gasteiger charge is -2.19. The fraction of sp³-hybridized carbons (Fsp3) is 0.200. The van der Waals surface area contributed by atoms with E-state index in [1.807, 2.05) is 31.2 Å². The van der Waals surface area contributed by atoms with E-state index in [0.29, 0.717) is 11.6 Å². The SMILES string of the molecule is Cc1cccc(NC(CN)c2cc(F)cc(Cl)c2)c1. The van der Waals surface area contributed by atoms with Gasteiger partial charge in [-0.05, 0) is 48.4 Å².